The number of nitrogens with zero attached hydrogens (tertiary/aromatic N) is 3. The number of amides is 1. The van der Waals surface area contributed by atoms with E-state index in [-0.39, 0.29) is 23.3 Å². The van der Waals surface area contributed by atoms with Crippen LogP contribution >= 0.6 is 35.0 Å². The van der Waals surface area contributed by atoms with E-state index in [1.54, 1.807) is 6.07 Å². The molecule has 1 heterocycles. The second-order valence-corrected chi connectivity index (χ2v) is 8.09. The van der Waals surface area contributed by atoms with Crippen LogP contribution in [0, 0.1) is 12.7 Å². The van der Waals surface area contributed by atoms with Gasteiger partial charge in [-0.1, -0.05) is 41.0 Å². The van der Waals surface area contributed by atoms with Crippen LogP contribution in [0.3, 0.4) is 0 Å². The highest BCUT2D eigenvalue weighted by Crippen LogP contribution is 2.26. The van der Waals surface area contributed by atoms with Gasteiger partial charge in [0.15, 0.2) is 11.0 Å². The molecule has 1 amide bonds. The third-order valence-electron chi connectivity index (χ3n) is 4.09. The highest BCUT2D eigenvalue weighted by molar-refractivity contribution is 7.99. The zero-order valence-electron chi connectivity index (χ0n) is 16.3. The number of rotatable bonds is 8. The van der Waals surface area contributed by atoms with Crippen LogP contribution in [0.2, 0.25) is 10.0 Å². The Kier molecular flexibility index (Phi) is 7.58. The standard InChI is InChI=1S/C20H19Cl2FN4O2S/c1-3-27-18(10-29-17-8-12(2)4-6-14(17)21)25-26-20(27)30-11-19(28)24-13-5-7-16(23)15(22)9-13/h4-9H,3,10-11H2,1-2H3,(H,24,28). The molecule has 0 aliphatic heterocycles. The number of nitrogens with one attached hydrogen (secondary N) is 1. The van der Waals surface area contributed by atoms with Crippen LogP contribution in [-0.2, 0) is 17.9 Å². The second-order valence-electron chi connectivity index (χ2n) is 6.33. The summed E-state index contributed by atoms with van der Waals surface area (Å²) in [7, 11) is 0. The molecule has 1 N–H and O–H groups in total. The number of carbonyl (C=O) groups excluding carboxylic acids is 1. The summed E-state index contributed by atoms with van der Waals surface area (Å²) >= 11 is 13.1. The Morgan fingerprint density at radius 1 is 1.20 bits per heavy atom. The van der Waals surface area contributed by atoms with Crippen molar-refractivity contribution in [2.75, 3.05) is 11.1 Å². The van der Waals surface area contributed by atoms with Crippen molar-refractivity contribution < 1.29 is 13.9 Å². The molecule has 0 aliphatic carbocycles. The van der Waals surface area contributed by atoms with Crippen molar-refractivity contribution in [3.63, 3.8) is 0 Å². The van der Waals surface area contributed by atoms with E-state index in [4.69, 9.17) is 27.9 Å². The molecule has 1 aromatic heterocycles. The monoisotopic (exact) mass is 468 g/mol. The molecule has 0 saturated heterocycles. The average Bonchev–Trinajstić information content (AvgIpc) is 3.11. The molecule has 6 nitrogen and oxygen atoms in total. The Labute approximate surface area is 187 Å². The van der Waals surface area contributed by atoms with Gasteiger partial charge in [0.1, 0.15) is 18.2 Å². The molecule has 3 rings (SSSR count). The van der Waals surface area contributed by atoms with Gasteiger partial charge in [-0.2, -0.15) is 0 Å². The van der Waals surface area contributed by atoms with Gasteiger partial charge in [0.05, 0.1) is 15.8 Å². The number of carbonyl (C=O) groups is 1. The molecule has 30 heavy (non-hydrogen) atoms. The maximum Gasteiger partial charge on any atom is 0.234 e. The van der Waals surface area contributed by atoms with Crippen LogP contribution in [0.15, 0.2) is 41.6 Å². The molecule has 0 unspecified atom stereocenters. The number of anilines is 1. The van der Waals surface area contributed by atoms with Gasteiger partial charge in [-0.15, -0.1) is 10.2 Å². The van der Waals surface area contributed by atoms with E-state index in [1.165, 1.54) is 30.0 Å². The number of hydrogen-bond acceptors (Lipinski definition) is 5. The molecule has 0 radical (unpaired) electrons. The second kappa shape index (κ2) is 10.1. The predicted octanol–water partition coefficient (Wildman–Crippen LogP) is 5.36. The Bertz CT molecular complexity index is 1060. The van der Waals surface area contributed by atoms with E-state index in [0.29, 0.717) is 34.0 Å². The Morgan fingerprint density at radius 3 is 2.73 bits per heavy atom. The van der Waals surface area contributed by atoms with Crippen molar-refractivity contribution in [1.29, 1.82) is 0 Å². The minimum atomic E-state index is -0.540. The van der Waals surface area contributed by atoms with Crippen molar-refractivity contribution >= 4 is 46.6 Å². The summed E-state index contributed by atoms with van der Waals surface area (Å²) in [5.41, 5.74) is 1.46. The van der Waals surface area contributed by atoms with Gasteiger partial charge in [0, 0.05) is 12.2 Å². The number of ether oxygens (including phenoxy) is 1. The maximum absolute atomic E-state index is 13.2. The zero-order chi connectivity index (χ0) is 21.7. The highest BCUT2D eigenvalue weighted by atomic mass is 35.5. The number of aromatic nitrogens is 3. The summed E-state index contributed by atoms with van der Waals surface area (Å²) in [6.45, 7) is 4.73. The summed E-state index contributed by atoms with van der Waals surface area (Å²) in [6.07, 6.45) is 0. The lowest BCUT2D eigenvalue weighted by atomic mass is 10.2. The molecule has 158 valence electrons. The molecule has 0 fully saturated rings. The molecular weight excluding hydrogens is 450 g/mol. The quantitative estimate of drug-likeness (QED) is 0.450. The summed E-state index contributed by atoms with van der Waals surface area (Å²) in [5.74, 6) is 0.508. The first-order chi connectivity index (χ1) is 14.4. The summed E-state index contributed by atoms with van der Waals surface area (Å²) in [4.78, 5) is 12.2. The first kappa shape index (κ1) is 22.4. The minimum absolute atomic E-state index is 0.0514. The van der Waals surface area contributed by atoms with Crippen molar-refractivity contribution in [1.82, 2.24) is 14.8 Å². The topological polar surface area (TPSA) is 69.0 Å². The largest absolute Gasteiger partial charge is 0.484 e. The highest BCUT2D eigenvalue weighted by Gasteiger charge is 2.15. The number of hydrogen-bond donors (Lipinski definition) is 1. The van der Waals surface area contributed by atoms with Crippen molar-refractivity contribution in [3.8, 4) is 5.75 Å². The van der Waals surface area contributed by atoms with Gasteiger partial charge in [-0.25, -0.2) is 4.39 Å². The van der Waals surface area contributed by atoms with Gasteiger partial charge in [-0.05, 0) is 49.7 Å². The van der Waals surface area contributed by atoms with E-state index in [2.05, 4.69) is 15.5 Å². The third kappa shape index (κ3) is 5.65. The molecule has 10 heteroatoms. The molecule has 0 aliphatic rings. The first-order valence-electron chi connectivity index (χ1n) is 9.06. The number of halogens is 3. The molecule has 3 aromatic rings. The lowest BCUT2D eigenvalue weighted by Crippen LogP contribution is -2.15. The summed E-state index contributed by atoms with van der Waals surface area (Å²) in [6, 6.07) is 9.56. The summed E-state index contributed by atoms with van der Waals surface area (Å²) in [5, 5.41) is 12.1. The van der Waals surface area contributed by atoms with Gasteiger partial charge in [-0.3, -0.25) is 4.79 Å². The lowest BCUT2D eigenvalue weighted by Gasteiger charge is -2.10. The van der Waals surface area contributed by atoms with Gasteiger partial charge >= 0.3 is 0 Å². The smallest absolute Gasteiger partial charge is 0.234 e. The van der Waals surface area contributed by atoms with Crippen molar-refractivity contribution in [2.45, 2.75) is 32.2 Å². The van der Waals surface area contributed by atoms with E-state index >= 15 is 0 Å². The van der Waals surface area contributed by atoms with Gasteiger partial charge in [0.25, 0.3) is 0 Å². The lowest BCUT2D eigenvalue weighted by molar-refractivity contribution is -0.113. The van der Waals surface area contributed by atoms with Crippen LogP contribution in [0.1, 0.15) is 18.3 Å². The number of aryl methyl sites for hydroxylation is 1. The molecule has 0 atom stereocenters. The Morgan fingerprint density at radius 2 is 2.00 bits per heavy atom. The zero-order valence-corrected chi connectivity index (χ0v) is 18.6. The van der Waals surface area contributed by atoms with Gasteiger partial charge < -0.3 is 14.6 Å². The third-order valence-corrected chi connectivity index (χ3v) is 5.66. The first-order valence-corrected chi connectivity index (χ1v) is 10.8. The van der Waals surface area contributed by atoms with Crippen LogP contribution in [0.25, 0.3) is 0 Å². The van der Waals surface area contributed by atoms with Crippen LogP contribution < -0.4 is 10.1 Å². The van der Waals surface area contributed by atoms with Gasteiger partial charge in [0.2, 0.25) is 5.91 Å². The Balaban J connectivity index is 1.60. The van der Waals surface area contributed by atoms with Crippen molar-refractivity contribution in [3.05, 3.63) is 63.6 Å². The fourth-order valence-corrected chi connectivity index (χ4v) is 3.79. The van der Waals surface area contributed by atoms with E-state index < -0.39 is 5.82 Å². The summed E-state index contributed by atoms with van der Waals surface area (Å²) < 4.78 is 20.9. The van der Waals surface area contributed by atoms with Crippen LogP contribution in [0.4, 0.5) is 10.1 Å². The molecular formula is C20H19Cl2FN4O2S. The molecule has 0 bridgehead atoms. The minimum Gasteiger partial charge on any atom is -0.484 e. The average molecular weight is 469 g/mol. The molecule has 2 aromatic carbocycles. The fraction of sp³-hybridized carbons (Fsp3) is 0.250. The molecule has 0 spiro atoms. The van der Waals surface area contributed by atoms with Crippen LogP contribution in [0.5, 0.6) is 5.75 Å². The van der Waals surface area contributed by atoms with E-state index in [0.717, 1.165) is 5.56 Å². The fourth-order valence-electron chi connectivity index (χ4n) is 2.61. The number of benzene rings is 2. The van der Waals surface area contributed by atoms with Crippen LogP contribution in [-0.4, -0.2) is 26.4 Å². The number of thioether (sulfide) groups is 1. The van der Waals surface area contributed by atoms with E-state index in [1.807, 2.05) is 30.5 Å². The SMILES string of the molecule is CCn1c(COc2cc(C)ccc2Cl)nnc1SCC(=O)Nc1ccc(F)c(Cl)c1. The Hall–Kier alpha value is -2.29. The molecule has 0 saturated carbocycles. The van der Waals surface area contributed by atoms with Crippen molar-refractivity contribution in [2.24, 2.45) is 0 Å². The van der Waals surface area contributed by atoms with E-state index in [9.17, 15) is 9.18 Å². The normalized spacial score (nSPS) is 10.8. The maximum atomic E-state index is 13.2. The predicted molar refractivity (Wildman–Crippen MR) is 117 cm³/mol.